The Morgan fingerprint density at radius 3 is 1.67 bits per heavy atom. The van der Waals surface area contributed by atoms with Crippen LogP contribution in [-0.2, 0) is 0 Å². The Kier molecular flexibility index (Phi) is 2.15. The molecule has 3 aromatic rings. The summed E-state index contributed by atoms with van der Waals surface area (Å²) in [6, 6.07) is 5.06. The fourth-order valence-corrected chi connectivity index (χ4v) is 1.35. The van der Waals surface area contributed by atoms with Gasteiger partial charge in [0.1, 0.15) is 11.4 Å². The van der Waals surface area contributed by atoms with Gasteiger partial charge in [-0.1, -0.05) is 16.3 Å². The van der Waals surface area contributed by atoms with Crippen molar-refractivity contribution in [2.45, 2.75) is 0 Å². The second-order valence-corrected chi connectivity index (χ2v) is 3.30. The molecule has 0 atom stereocenters. The maximum atomic E-state index is 5.34. The van der Waals surface area contributed by atoms with Gasteiger partial charge in [-0.15, -0.1) is 10.2 Å². The smallest absolute Gasteiger partial charge is 0.313 e. The fourth-order valence-electron chi connectivity index (χ4n) is 1.35. The van der Waals surface area contributed by atoms with Gasteiger partial charge in [0.2, 0.25) is 0 Å². The Hall–Kier alpha value is -2.97. The predicted octanol–water partition coefficient (Wildman–Crippen LogP) is 0.346. The van der Waals surface area contributed by atoms with Crippen molar-refractivity contribution in [1.82, 2.24) is 25.4 Å². The van der Waals surface area contributed by atoms with E-state index in [0.29, 0.717) is 11.4 Å². The molecule has 4 N–H and O–H groups in total. The van der Waals surface area contributed by atoms with Gasteiger partial charge < -0.3 is 20.3 Å². The van der Waals surface area contributed by atoms with Gasteiger partial charge in [-0.3, -0.25) is 0 Å². The topological polar surface area (TPSA) is 143 Å². The summed E-state index contributed by atoms with van der Waals surface area (Å²) in [4.78, 5) is 4.24. The average molecular weight is 245 g/mol. The third-order valence-corrected chi connectivity index (χ3v) is 2.07. The minimum Gasteiger partial charge on any atom is -0.402 e. The zero-order valence-corrected chi connectivity index (χ0v) is 8.94. The number of rotatable bonds is 2. The third-order valence-electron chi connectivity index (χ3n) is 2.07. The molecule has 0 saturated heterocycles. The molecule has 90 valence electrons. The van der Waals surface area contributed by atoms with Crippen LogP contribution in [0.15, 0.2) is 27.0 Å². The molecule has 0 unspecified atom stereocenters. The Morgan fingerprint density at radius 1 is 0.778 bits per heavy atom. The van der Waals surface area contributed by atoms with Gasteiger partial charge in [-0.25, -0.2) is 4.98 Å². The first-order valence-electron chi connectivity index (χ1n) is 4.88. The van der Waals surface area contributed by atoms with Crippen LogP contribution in [0.3, 0.4) is 0 Å². The zero-order valence-electron chi connectivity index (χ0n) is 8.94. The molecule has 0 aliphatic rings. The number of nitrogens with zero attached hydrogens (tertiary/aromatic N) is 5. The first kappa shape index (κ1) is 10.2. The second-order valence-electron chi connectivity index (χ2n) is 3.30. The van der Waals surface area contributed by atoms with Crippen LogP contribution >= 0.6 is 0 Å². The van der Waals surface area contributed by atoms with E-state index >= 15 is 0 Å². The van der Waals surface area contributed by atoms with E-state index in [-0.39, 0.29) is 23.8 Å². The summed E-state index contributed by atoms with van der Waals surface area (Å²) in [5, 5.41) is 14.6. The molecule has 0 aromatic carbocycles. The van der Waals surface area contributed by atoms with Crippen molar-refractivity contribution >= 4 is 12.0 Å². The SMILES string of the molecule is Nc1nnc(-c2cccc(-c3nnc(N)o3)n2)o1. The van der Waals surface area contributed by atoms with Gasteiger partial charge in [-0.05, 0) is 12.1 Å². The van der Waals surface area contributed by atoms with E-state index in [9.17, 15) is 0 Å². The predicted molar refractivity (Wildman–Crippen MR) is 59.6 cm³/mol. The summed E-state index contributed by atoms with van der Waals surface area (Å²) in [6.45, 7) is 0. The number of anilines is 2. The first-order valence-corrected chi connectivity index (χ1v) is 4.88. The molecule has 0 aliphatic carbocycles. The van der Waals surface area contributed by atoms with E-state index in [4.69, 9.17) is 20.3 Å². The van der Waals surface area contributed by atoms with Crippen LogP contribution in [0.2, 0.25) is 0 Å². The Balaban J connectivity index is 2.04. The van der Waals surface area contributed by atoms with Crippen LogP contribution < -0.4 is 11.5 Å². The maximum absolute atomic E-state index is 5.34. The van der Waals surface area contributed by atoms with Crippen LogP contribution in [0.5, 0.6) is 0 Å². The Morgan fingerprint density at radius 2 is 1.28 bits per heavy atom. The van der Waals surface area contributed by atoms with E-state index in [1.165, 1.54) is 0 Å². The van der Waals surface area contributed by atoms with Gasteiger partial charge in [0.05, 0.1) is 0 Å². The third kappa shape index (κ3) is 1.73. The molecule has 3 aromatic heterocycles. The van der Waals surface area contributed by atoms with Crippen molar-refractivity contribution < 1.29 is 8.83 Å². The van der Waals surface area contributed by atoms with Gasteiger partial charge in [0.25, 0.3) is 11.8 Å². The van der Waals surface area contributed by atoms with Crippen molar-refractivity contribution in [2.24, 2.45) is 0 Å². The standard InChI is InChI=1S/C9H7N7O2/c10-8-15-13-6(17-8)4-2-1-3-5(12-4)7-14-16-9(11)18-7/h1-3H,(H2,10,15)(H2,11,16). The number of aromatic nitrogens is 5. The monoisotopic (exact) mass is 245 g/mol. The summed E-state index contributed by atoms with van der Waals surface area (Å²) >= 11 is 0. The van der Waals surface area contributed by atoms with E-state index in [1.54, 1.807) is 18.2 Å². The molecular weight excluding hydrogens is 238 g/mol. The van der Waals surface area contributed by atoms with Gasteiger partial charge in [0, 0.05) is 0 Å². The average Bonchev–Trinajstić information content (AvgIpc) is 2.98. The quantitative estimate of drug-likeness (QED) is 0.653. The Labute approximate surface area is 99.8 Å². The van der Waals surface area contributed by atoms with Gasteiger partial charge in [0.15, 0.2) is 0 Å². The highest BCUT2D eigenvalue weighted by molar-refractivity contribution is 5.55. The molecule has 0 spiro atoms. The zero-order chi connectivity index (χ0) is 12.5. The fraction of sp³-hybridized carbons (Fsp3) is 0. The molecule has 9 heteroatoms. The van der Waals surface area contributed by atoms with Crippen molar-refractivity contribution in [3.63, 3.8) is 0 Å². The number of nitrogen functional groups attached to an aromatic ring is 2. The van der Waals surface area contributed by atoms with Crippen molar-refractivity contribution in [3.05, 3.63) is 18.2 Å². The summed E-state index contributed by atoms with van der Waals surface area (Å²) in [5.74, 6) is 0.420. The minimum atomic E-state index is -0.0285. The molecule has 3 heterocycles. The van der Waals surface area contributed by atoms with Gasteiger partial charge in [-0.2, -0.15) is 0 Å². The molecular formula is C9H7N7O2. The summed E-state index contributed by atoms with van der Waals surface area (Å²) in [7, 11) is 0. The highest BCUT2D eigenvalue weighted by Gasteiger charge is 2.12. The molecule has 0 fully saturated rings. The van der Waals surface area contributed by atoms with Crippen molar-refractivity contribution in [3.8, 4) is 23.2 Å². The van der Waals surface area contributed by atoms with Crippen molar-refractivity contribution in [2.75, 3.05) is 11.5 Å². The largest absolute Gasteiger partial charge is 0.402 e. The number of hydrogen-bond donors (Lipinski definition) is 2. The van der Waals surface area contributed by atoms with E-state index < -0.39 is 0 Å². The molecule has 0 bridgehead atoms. The number of hydrogen-bond acceptors (Lipinski definition) is 9. The number of nitrogens with two attached hydrogens (primary N) is 2. The Bertz CT molecular complexity index is 634. The first-order chi connectivity index (χ1) is 8.72. The summed E-state index contributed by atoms with van der Waals surface area (Å²) in [5.41, 5.74) is 11.6. The lowest BCUT2D eigenvalue weighted by Gasteiger charge is -1.96. The van der Waals surface area contributed by atoms with Gasteiger partial charge >= 0.3 is 12.0 Å². The molecule has 9 nitrogen and oxygen atoms in total. The lowest BCUT2D eigenvalue weighted by molar-refractivity contribution is 0.583. The molecule has 0 radical (unpaired) electrons. The minimum absolute atomic E-state index is 0.0285. The number of pyridine rings is 1. The van der Waals surface area contributed by atoms with Crippen LogP contribution in [-0.4, -0.2) is 25.4 Å². The summed E-state index contributed by atoms with van der Waals surface area (Å²) in [6.07, 6.45) is 0. The van der Waals surface area contributed by atoms with E-state index in [1.807, 2.05) is 0 Å². The normalized spacial score (nSPS) is 10.7. The van der Waals surface area contributed by atoms with Crippen molar-refractivity contribution in [1.29, 1.82) is 0 Å². The van der Waals surface area contributed by atoms with Crippen LogP contribution in [0.4, 0.5) is 12.0 Å². The van der Waals surface area contributed by atoms with Crippen LogP contribution in [0.1, 0.15) is 0 Å². The lowest BCUT2D eigenvalue weighted by Crippen LogP contribution is -1.88. The molecule has 18 heavy (non-hydrogen) atoms. The van der Waals surface area contributed by atoms with Crippen LogP contribution in [0, 0.1) is 0 Å². The molecule has 0 saturated carbocycles. The molecule has 3 rings (SSSR count). The van der Waals surface area contributed by atoms with E-state index in [2.05, 4.69) is 25.4 Å². The highest BCUT2D eigenvalue weighted by atomic mass is 16.4. The molecule has 0 aliphatic heterocycles. The lowest BCUT2D eigenvalue weighted by atomic mass is 10.3. The summed E-state index contributed by atoms with van der Waals surface area (Å²) < 4.78 is 10.1. The molecule has 0 amide bonds. The second kappa shape index (κ2) is 3.80. The van der Waals surface area contributed by atoms with E-state index in [0.717, 1.165) is 0 Å². The maximum Gasteiger partial charge on any atom is 0.313 e. The van der Waals surface area contributed by atoms with Crippen LogP contribution in [0.25, 0.3) is 23.2 Å². The highest BCUT2D eigenvalue weighted by Crippen LogP contribution is 2.21.